The van der Waals surface area contributed by atoms with Crippen LogP contribution in [0.1, 0.15) is 29.0 Å². The van der Waals surface area contributed by atoms with Crippen LogP contribution in [0.2, 0.25) is 5.02 Å². The number of imidazole rings is 1. The first kappa shape index (κ1) is 20.0. The van der Waals surface area contributed by atoms with Crippen LogP contribution in [0.15, 0.2) is 54.9 Å². The topological polar surface area (TPSA) is 76.5 Å². The molecule has 0 bridgehead atoms. The van der Waals surface area contributed by atoms with E-state index in [1.54, 1.807) is 53.6 Å². The van der Waals surface area contributed by atoms with Crippen molar-refractivity contribution in [3.05, 3.63) is 71.3 Å². The minimum Gasteiger partial charge on any atom is -0.486 e. The van der Waals surface area contributed by atoms with Gasteiger partial charge < -0.3 is 19.5 Å². The number of benzene rings is 2. The first-order chi connectivity index (χ1) is 14.5. The van der Waals surface area contributed by atoms with Gasteiger partial charge in [0.2, 0.25) is 5.91 Å². The fraction of sp³-hybridized carbons (Fsp3) is 0.227. The van der Waals surface area contributed by atoms with Crippen molar-refractivity contribution in [1.29, 1.82) is 0 Å². The lowest BCUT2D eigenvalue weighted by Gasteiger charge is -2.20. The second-order valence-electron chi connectivity index (χ2n) is 7.03. The molecule has 1 saturated heterocycles. The first-order valence-corrected chi connectivity index (χ1v) is 9.99. The van der Waals surface area contributed by atoms with Gasteiger partial charge in [-0.25, -0.2) is 4.98 Å². The molecule has 8 heteroatoms. The summed E-state index contributed by atoms with van der Waals surface area (Å²) >= 11 is 6.11. The highest BCUT2D eigenvalue weighted by molar-refractivity contribution is 6.31. The van der Waals surface area contributed by atoms with E-state index in [0.29, 0.717) is 47.3 Å². The Hall–Kier alpha value is -3.32. The summed E-state index contributed by atoms with van der Waals surface area (Å²) < 4.78 is 7.62. The Labute approximate surface area is 179 Å². The van der Waals surface area contributed by atoms with Crippen LogP contribution in [0, 0.1) is 0 Å². The Balaban J connectivity index is 1.45. The molecule has 0 aliphatic carbocycles. The molecule has 1 aliphatic heterocycles. The summed E-state index contributed by atoms with van der Waals surface area (Å²) in [5.74, 6) is 1.19. The Kier molecular flexibility index (Phi) is 5.72. The average molecular weight is 425 g/mol. The Bertz CT molecular complexity index is 1080. The first-order valence-electron chi connectivity index (χ1n) is 9.61. The number of halogens is 1. The molecule has 1 aliphatic rings. The fourth-order valence-corrected chi connectivity index (χ4v) is 3.51. The Morgan fingerprint density at radius 2 is 2.03 bits per heavy atom. The van der Waals surface area contributed by atoms with Crippen LogP contribution in [0.3, 0.4) is 0 Å². The number of hydrogen-bond acceptors (Lipinski definition) is 4. The number of carbonyl (C=O) groups excluding carboxylic acids is 2. The number of aromatic nitrogens is 2. The molecule has 30 heavy (non-hydrogen) atoms. The van der Waals surface area contributed by atoms with Crippen molar-refractivity contribution < 1.29 is 14.3 Å². The van der Waals surface area contributed by atoms with E-state index in [1.165, 1.54) is 0 Å². The van der Waals surface area contributed by atoms with Gasteiger partial charge in [0.25, 0.3) is 5.91 Å². The predicted molar refractivity (Wildman–Crippen MR) is 115 cm³/mol. The van der Waals surface area contributed by atoms with E-state index >= 15 is 0 Å². The third kappa shape index (κ3) is 4.31. The summed E-state index contributed by atoms with van der Waals surface area (Å²) in [5.41, 5.74) is 1.57. The molecule has 7 nitrogen and oxygen atoms in total. The quantitative estimate of drug-likeness (QED) is 0.648. The molecular formula is C22H21ClN4O3. The van der Waals surface area contributed by atoms with Crippen molar-refractivity contribution in [3.63, 3.8) is 0 Å². The summed E-state index contributed by atoms with van der Waals surface area (Å²) in [6.07, 6.45) is 4.83. The molecule has 2 aromatic carbocycles. The summed E-state index contributed by atoms with van der Waals surface area (Å²) in [4.78, 5) is 30.9. The second-order valence-corrected chi connectivity index (χ2v) is 7.47. The van der Waals surface area contributed by atoms with Gasteiger partial charge in [0.05, 0.1) is 11.3 Å². The number of hydrogen-bond donors (Lipinski definition) is 1. The third-order valence-corrected chi connectivity index (χ3v) is 5.20. The number of nitrogens with zero attached hydrogens (tertiary/aromatic N) is 3. The molecule has 0 spiro atoms. The minimum absolute atomic E-state index is 0.000491. The number of carbonyl (C=O) groups is 2. The van der Waals surface area contributed by atoms with E-state index in [9.17, 15) is 9.59 Å². The number of aryl methyl sites for hydroxylation is 1. The van der Waals surface area contributed by atoms with Crippen LogP contribution in [0.25, 0.3) is 0 Å². The van der Waals surface area contributed by atoms with Crippen molar-refractivity contribution in [2.75, 3.05) is 16.8 Å². The zero-order valence-corrected chi connectivity index (χ0v) is 17.2. The normalized spacial score (nSPS) is 13.5. The molecule has 154 valence electrons. The largest absolute Gasteiger partial charge is 0.486 e. The maximum absolute atomic E-state index is 12.9. The van der Waals surface area contributed by atoms with E-state index in [0.717, 1.165) is 12.2 Å². The number of ether oxygens (including phenoxy) is 1. The standard InChI is InChI=1S/C22H21ClN4O3/c1-26-12-10-24-20(26)14-30-17-7-5-16(6-8-17)25-22(29)18-9-4-15(23)13-19(18)27-11-2-3-21(27)28/h4-10,12-13H,2-3,11,14H2,1H3,(H,25,29). The van der Waals surface area contributed by atoms with Gasteiger partial charge in [-0.3, -0.25) is 9.59 Å². The molecule has 3 aromatic rings. The zero-order valence-electron chi connectivity index (χ0n) is 16.5. The maximum atomic E-state index is 12.9. The fourth-order valence-electron chi connectivity index (χ4n) is 3.34. The van der Waals surface area contributed by atoms with E-state index < -0.39 is 0 Å². The van der Waals surface area contributed by atoms with Crippen LogP contribution in [0.5, 0.6) is 5.75 Å². The second kappa shape index (κ2) is 8.59. The number of rotatable bonds is 6. The summed E-state index contributed by atoms with van der Waals surface area (Å²) in [5, 5.41) is 3.35. The van der Waals surface area contributed by atoms with Crippen molar-refractivity contribution >= 4 is 34.8 Å². The molecule has 2 amide bonds. The number of anilines is 2. The molecular weight excluding hydrogens is 404 g/mol. The van der Waals surface area contributed by atoms with Crippen LogP contribution in [-0.2, 0) is 18.4 Å². The lowest BCUT2D eigenvalue weighted by molar-refractivity contribution is -0.117. The lowest BCUT2D eigenvalue weighted by Crippen LogP contribution is -2.27. The highest BCUT2D eigenvalue weighted by Gasteiger charge is 2.26. The highest BCUT2D eigenvalue weighted by Crippen LogP contribution is 2.29. The van der Waals surface area contributed by atoms with Crippen molar-refractivity contribution in [1.82, 2.24) is 9.55 Å². The van der Waals surface area contributed by atoms with E-state index in [2.05, 4.69) is 10.3 Å². The molecule has 1 aromatic heterocycles. The predicted octanol–water partition coefficient (Wildman–Crippen LogP) is 4.03. The van der Waals surface area contributed by atoms with E-state index in [-0.39, 0.29) is 11.8 Å². The van der Waals surface area contributed by atoms with Crippen LogP contribution in [0.4, 0.5) is 11.4 Å². The van der Waals surface area contributed by atoms with Gasteiger partial charge in [0, 0.05) is 43.1 Å². The van der Waals surface area contributed by atoms with Crippen LogP contribution >= 0.6 is 11.6 Å². The molecule has 0 unspecified atom stereocenters. The molecule has 0 atom stereocenters. The molecule has 1 N–H and O–H groups in total. The van der Waals surface area contributed by atoms with Crippen molar-refractivity contribution in [3.8, 4) is 5.75 Å². The van der Waals surface area contributed by atoms with Gasteiger partial charge in [-0.2, -0.15) is 0 Å². The SMILES string of the molecule is Cn1ccnc1COc1ccc(NC(=O)c2ccc(Cl)cc2N2CCCC2=O)cc1. The average Bonchev–Trinajstić information content (AvgIpc) is 3.35. The number of amides is 2. The highest BCUT2D eigenvalue weighted by atomic mass is 35.5. The third-order valence-electron chi connectivity index (χ3n) is 4.97. The van der Waals surface area contributed by atoms with Crippen LogP contribution < -0.4 is 15.0 Å². The Morgan fingerprint density at radius 3 is 2.70 bits per heavy atom. The lowest BCUT2D eigenvalue weighted by atomic mass is 10.1. The minimum atomic E-state index is -0.303. The van der Waals surface area contributed by atoms with Gasteiger partial charge in [0.15, 0.2) is 0 Å². The van der Waals surface area contributed by atoms with Crippen molar-refractivity contribution in [2.24, 2.45) is 7.05 Å². The monoisotopic (exact) mass is 424 g/mol. The molecule has 1 fully saturated rings. The maximum Gasteiger partial charge on any atom is 0.257 e. The molecule has 0 radical (unpaired) electrons. The molecule has 4 rings (SSSR count). The molecule has 2 heterocycles. The zero-order chi connectivity index (χ0) is 21.1. The van der Waals surface area contributed by atoms with Gasteiger partial charge in [-0.05, 0) is 48.9 Å². The van der Waals surface area contributed by atoms with Gasteiger partial charge in [-0.1, -0.05) is 11.6 Å². The summed E-state index contributed by atoms with van der Waals surface area (Å²) in [7, 11) is 1.91. The van der Waals surface area contributed by atoms with Gasteiger partial charge >= 0.3 is 0 Å². The summed E-state index contributed by atoms with van der Waals surface area (Å²) in [6.45, 7) is 0.939. The number of nitrogens with one attached hydrogen (secondary N) is 1. The smallest absolute Gasteiger partial charge is 0.257 e. The molecule has 0 saturated carbocycles. The van der Waals surface area contributed by atoms with Gasteiger partial charge in [-0.15, -0.1) is 0 Å². The van der Waals surface area contributed by atoms with Crippen LogP contribution in [-0.4, -0.2) is 27.9 Å². The van der Waals surface area contributed by atoms with Crippen molar-refractivity contribution in [2.45, 2.75) is 19.4 Å². The van der Waals surface area contributed by atoms with E-state index in [4.69, 9.17) is 16.3 Å². The van der Waals surface area contributed by atoms with E-state index in [1.807, 2.05) is 17.8 Å². The summed E-state index contributed by atoms with van der Waals surface area (Å²) in [6, 6.07) is 12.0. The van der Waals surface area contributed by atoms with Gasteiger partial charge in [0.1, 0.15) is 18.2 Å². The Morgan fingerprint density at radius 1 is 1.23 bits per heavy atom.